The van der Waals surface area contributed by atoms with Crippen molar-refractivity contribution in [3.05, 3.63) is 39.9 Å². The number of ether oxygens (including phenoxy) is 1. The van der Waals surface area contributed by atoms with Crippen LogP contribution in [0.2, 0.25) is 4.34 Å². The highest BCUT2D eigenvalue weighted by molar-refractivity contribution is 7.10. The van der Waals surface area contributed by atoms with Gasteiger partial charge >= 0.3 is 0 Å². The molecule has 1 aromatic carbocycles. The highest BCUT2D eigenvalue weighted by Crippen LogP contribution is 2.26. The third kappa shape index (κ3) is 3.21. The van der Waals surface area contributed by atoms with Crippen molar-refractivity contribution < 1.29 is 4.74 Å². The van der Waals surface area contributed by atoms with Gasteiger partial charge in [0.1, 0.15) is 22.4 Å². The van der Waals surface area contributed by atoms with Crippen molar-refractivity contribution in [1.82, 2.24) is 9.59 Å². The Morgan fingerprint density at radius 3 is 2.72 bits per heavy atom. The zero-order chi connectivity index (χ0) is 13.2. The Kier molecular flexibility index (Phi) is 3.88. The molecular weight excluding hydrogens is 268 g/mol. The van der Waals surface area contributed by atoms with E-state index in [-0.39, 0.29) is 5.41 Å². The lowest BCUT2D eigenvalue weighted by molar-refractivity contribution is 0.300. The van der Waals surface area contributed by atoms with Crippen LogP contribution in [0.1, 0.15) is 32.0 Å². The maximum atomic E-state index is 5.92. The Morgan fingerprint density at radius 2 is 2.11 bits per heavy atom. The molecule has 5 heteroatoms. The molecule has 0 fully saturated rings. The summed E-state index contributed by atoms with van der Waals surface area (Å²) >= 11 is 7.09. The van der Waals surface area contributed by atoms with Crippen molar-refractivity contribution in [3.63, 3.8) is 0 Å². The minimum absolute atomic E-state index is 0.110. The average Bonchev–Trinajstić information content (AvgIpc) is 2.72. The summed E-state index contributed by atoms with van der Waals surface area (Å²) in [6.07, 6.45) is 0. The number of aromatic nitrogens is 2. The van der Waals surface area contributed by atoms with Gasteiger partial charge in [-0.2, -0.15) is 0 Å². The van der Waals surface area contributed by atoms with Gasteiger partial charge in [0.2, 0.25) is 0 Å². The molecule has 96 valence electrons. The second kappa shape index (κ2) is 5.24. The van der Waals surface area contributed by atoms with Crippen LogP contribution in [-0.4, -0.2) is 9.59 Å². The van der Waals surface area contributed by atoms with Crippen molar-refractivity contribution >= 4 is 23.1 Å². The molecule has 0 saturated carbocycles. The first-order chi connectivity index (χ1) is 8.47. The minimum Gasteiger partial charge on any atom is -0.487 e. The smallest absolute Gasteiger partial charge is 0.141 e. The molecule has 0 unspecified atom stereocenters. The van der Waals surface area contributed by atoms with Gasteiger partial charge in [0.05, 0.1) is 0 Å². The minimum atomic E-state index is 0.110. The number of rotatable bonds is 3. The van der Waals surface area contributed by atoms with Gasteiger partial charge in [-0.1, -0.05) is 49.0 Å². The number of hydrogen-bond acceptors (Lipinski definition) is 4. The molecular formula is C13H15ClN2OS. The second-order valence-corrected chi connectivity index (χ2v) is 6.42. The van der Waals surface area contributed by atoms with Gasteiger partial charge in [-0.05, 0) is 23.1 Å². The predicted octanol–water partition coefficient (Wildman–Crippen LogP) is 4.07. The largest absolute Gasteiger partial charge is 0.487 e. The van der Waals surface area contributed by atoms with Crippen LogP contribution in [0.25, 0.3) is 0 Å². The summed E-state index contributed by atoms with van der Waals surface area (Å²) in [5.41, 5.74) is 2.03. The van der Waals surface area contributed by atoms with Crippen LogP contribution in [0.15, 0.2) is 24.3 Å². The van der Waals surface area contributed by atoms with Crippen molar-refractivity contribution in [2.75, 3.05) is 0 Å². The van der Waals surface area contributed by atoms with Gasteiger partial charge in [0.25, 0.3) is 0 Å². The quantitative estimate of drug-likeness (QED) is 0.851. The van der Waals surface area contributed by atoms with Crippen molar-refractivity contribution in [2.45, 2.75) is 32.8 Å². The van der Waals surface area contributed by atoms with Gasteiger partial charge in [-0.15, -0.1) is 5.10 Å². The van der Waals surface area contributed by atoms with Crippen LogP contribution in [0.3, 0.4) is 0 Å². The monoisotopic (exact) mass is 282 g/mol. The van der Waals surface area contributed by atoms with Crippen LogP contribution in [0.4, 0.5) is 0 Å². The topological polar surface area (TPSA) is 35.0 Å². The highest BCUT2D eigenvalue weighted by Gasteiger charge is 2.14. The average molecular weight is 283 g/mol. The van der Waals surface area contributed by atoms with E-state index in [0.717, 1.165) is 5.75 Å². The summed E-state index contributed by atoms with van der Waals surface area (Å²) in [7, 11) is 0. The number of benzene rings is 1. The Bertz CT molecular complexity index is 534. The molecule has 2 aromatic rings. The SMILES string of the molecule is CC(C)(C)c1cccc(OCc2nnsc2Cl)c1. The normalized spacial score (nSPS) is 11.6. The van der Waals surface area contributed by atoms with Gasteiger partial charge in [0.15, 0.2) is 0 Å². The van der Waals surface area contributed by atoms with E-state index in [1.807, 2.05) is 18.2 Å². The summed E-state index contributed by atoms with van der Waals surface area (Å²) < 4.78 is 10.0. The molecule has 0 saturated heterocycles. The molecule has 1 heterocycles. The molecule has 0 radical (unpaired) electrons. The molecule has 18 heavy (non-hydrogen) atoms. The first kappa shape index (κ1) is 13.3. The van der Waals surface area contributed by atoms with E-state index in [2.05, 4.69) is 36.4 Å². The first-order valence-electron chi connectivity index (χ1n) is 5.67. The second-order valence-electron chi connectivity index (χ2n) is 5.06. The molecule has 0 aliphatic heterocycles. The van der Waals surface area contributed by atoms with Crippen molar-refractivity contribution in [2.24, 2.45) is 0 Å². The van der Waals surface area contributed by atoms with Crippen molar-refractivity contribution in [3.8, 4) is 5.75 Å². The zero-order valence-electron chi connectivity index (χ0n) is 10.6. The lowest BCUT2D eigenvalue weighted by atomic mass is 9.87. The molecule has 0 aliphatic rings. The van der Waals surface area contributed by atoms with E-state index in [9.17, 15) is 0 Å². The van der Waals surface area contributed by atoms with Crippen molar-refractivity contribution in [1.29, 1.82) is 0 Å². The van der Waals surface area contributed by atoms with Crippen LogP contribution in [-0.2, 0) is 12.0 Å². The van der Waals surface area contributed by atoms with Crippen LogP contribution in [0, 0.1) is 0 Å². The maximum absolute atomic E-state index is 5.92. The first-order valence-corrected chi connectivity index (χ1v) is 6.82. The van der Waals surface area contributed by atoms with Gasteiger partial charge in [0, 0.05) is 11.5 Å². The molecule has 0 atom stereocenters. The van der Waals surface area contributed by atoms with E-state index in [1.54, 1.807) is 0 Å². The molecule has 0 N–H and O–H groups in total. The third-order valence-electron chi connectivity index (χ3n) is 2.59. The van der Waals surface area contributed by atoms with Crippen LogP contribution < -0.4 is 4.74 Å². The molecule has 0 aliphatic carbocycles. The molecule has 0 spiro atoms. The number of nitrogens with zero attached hydrogens (tertiary/aromatic N) is 2. The lowest BCUT2D eigenvalue weighted by Crippen LogP contribution is -2.11. The Labute approximate surface area is 116 Å². The summed E-state index contributed by atoms with van der Waals surface area (Å²) in [5.74, 6) is 0.825. The third-order valence-corrected chi connectivity index (χ3v) is 3.57. The molecule has 0 bridgehead atoms. The highest BCUT2D eigenvalue weighted by atomic mass is 35.5. The van der Waals surface area contributed by atoms with E-state index >= 15 is 0 Å². The Balaban J connectivity index is 2.09. The van der Waals surface area contributed by atoms with Gasteiger partial charge in [-0.3, -0.25) is 0 Å². The predicted molar refractivity (Wildman–Crippen MR) is 74.4 cm³/mol. The number of hydrogen-bond donors (Lipinski definition) is 0. The summed E-state index contributed by atoms with van der Waals surface area (Å²) in [5, 5.41) is 3.91. The van der Waals surface area contributed by atoms with Gasteiger partial charge < -0.3 is 4.74 Å². The summed E-state index contributed by atoms with van der Waals surface area (Å²) in [6, 6.07) is 8.08. The fraction of sp³-hybridized carbons (Fsp3) is 0.385. The summed E-state index contributed by atoms with van der Waals surface area (Å²) in [4.78, 5) is 0. The maximum Gasteiger partial charge on any atom is 0.141 e. The lowest BCUT2D eigenvalue weighted by Gasteiger charge is -2.19. The molecule has 2 rings (SSSR count). The number of halogens is 1. The van der Waals surface area contributed by atoms with Crippen LogP contribution >= 0.6 is 23.1 Å². The standard InChI is InChI=1S/C13H15ClN2OS/c1-13(2,3)9-5-4-6-10(7-9)17-8-11-12(14)18-16-15-11/h4-7H,8H2,1-3H3. The fourth-order valence-electron chi connectivity index (χ4n) is 1.49. The van der Waals surface area contributed by atoms with E-state index in [0.29, 0.717) is 16.6 Å². The molecule has 1 aromatic heterocycles. The van der Waals surface area contributed by atoms with E-state index in [1.165, 1.54) is 17.1 Å². The molecule has 0 amide bonds. The molecule has 3 nitrogen and oxygen atoms in total. The fourth-order valence-corrected chi connectivity index (χ4v) is 2.09. The van der Waals surface area contributed by atoms with E-state index < -0.39 is 0 Å². The van der Waals surface area contributed by atoms with Gasteiger partial charge in [-0.25, -0.2) is 0 Å². The Hall–Kier alpha value is -1.13. The van der Waals surface area contributed by atoms with E-state index in [4.69, 9.17) is 16.3 Å². The Morgan fingerprint density at radius 1 is 1.33 bits per heavy atom. The zero-order valence-corrected chi connectivity index (χ0v) is 12.2. The summed E-state index contributed by atoms with van der Waals surface area (Å²) in [6.45, 7) is 6.87. The van der Waals surface area contributed by atoms with Crippen LogP contribution in [0.5, 0.6) is 5.75 Å².